The number of aryl methyl sites for hydroxylation is 1. The summed E-state index contributed by atoms with van der Waals surface area (Å²) in [6.07, 6.45) is 1.67. The number of likely N-dealkylation sites (tertiary alicyclic amines) is 1. The average Bonchev–Trinajstić information content (AvgIpc) is 3.37. The highest BCUT2D eigenvalue weighted by molar-refractivity contribution is 7.89. The summed E-state index contributed by atoms with van der Waals surface area (Å²) in [4.78, 5) is 21.9. The fraction of sp³-hybridized carbons (Fsp3) is 0.423. The van der Waals surface area contributed by atoms with E-state index in [-0.39, 0.29) is 35.6 Å². The van der Waals surface area contributed by atoms with Crippen molar-refractivity contribution >= 4 is 15.9 Å². The Morgan fingerprint density at radius 1 is 1.03 bits per heavy atom. The third-order valence-corrected chi connectivity index (χ3v) is 8.91. The van der Waals surface area contributed by atoms with Gasteiger partial charge in [-0.15, -0.1) is 0 Å². The van der Waals surface area contributed by atoms with Crippen molar-refractivity contribution in [1.82, 2.24) is 24.2 Å². The summed E-state index contributed by atoms with van der Waals surface area (Å²) in [7, 11) is -3.57. The Kier molecular flexibility index (Phi) is 7.36. The number of nitrogens with zero attached hydrogens (tertiary/aromatic N) is 5. The summed E-state index contributed by atoms with van der Waals surface area (Å²) < 4.78 is 46.0. The number of halogens is 1. The van der Waals surface area contributed by atoms with Gasteiger partial charge in [-0.05, 0) is 62.7 Å². The molecular weight excluding hydrogens is 497 g/mol. The lowest BCUT2D eigenvalue weighted by molar-refractivity contribution is -0.138. The zero-order valence-electron chi connectivity index (χ0n) is 20.7. The molecule has 3 aromatic rings. The van der Waals surface area contributed by atoms with Gasteiger partial charge in [-0.3, -0.25) is 9.69 Å². The summed E-state index contributed by atoms with van der Waals surface area (Å²) in [5, 5.41) is 4.00. The highest BCUT2D eigenvalue weighted by atomic mass is 32.2. The van der Waals surface area contributed by atoms with Crippen molar-refractivity contribution in [3.8, 4) is 11.4 Å². The van der Waals surface area contributed by atoms with Crippen LogP contribution in [0, 0.1) is 18.7 Å². The van der Waals surface area contributed by atoms with Crippen LogP contribution >= 0.6 is 0 Å². The van der Waals surface area contributed by atoms with Gasteiger partial charge >= 0.3 is 0 Å². The van der Waals surface area contributed by atoms with Gasteiger partial charge in [0.2, 0.25) is 27.6 Å². The van der Waals surface area contributed by atoms with Crippen molar-refractivity contribution in [1.29, 1.82) is 0 Å². The van der Waals surface area contributed by atoms with E-state index in [1.165, 1.54) is 16.4 Å². The van der Waals surface area contributed by atoms with Gasteiger partial charge in [0, 0.05) is 38.3 Å². The van der Waals surface area contributed by atoms with Crippen molar-refractivity contribution in [2.24, 2.45) is 5.92 Å². The molecule has 2 saturated heterocycles. The van der Waals surface area contributed by atoms with Gasteiger partial charge in [0.25, 0.3) is 0 Å². The third kappa shape index (κ3) is 5.73. The maximum Gasteiger partial charge on any atom is 0.243 e. The molecule has 1 atom stereocenters. The van der Waals surface area contributed by atoms with E-state index in [4.69, 9.17) is 4.52 Å². The van der Waals surface area contributed by atoms with Crippen molar-refractivity contribution in [3.05, 3.63) is 65.8 Å². The molecule has 196 valence electrons. The topological polar surface area (TPSA) is 99.9 Å². The number of hydrogen-bond acceptors (Lipinski definition) is 7. The van der Waals surface area contributed by atoms with Crippen LogP contribution in [0.3, 0.4) is 0 Å². The van der Waals surface area contributed by atoms with Crippen LogP contribution in [0.15, 0.2) is 57.9 Å². The van der Waals surface area contributed by atoms with Crippen LogP contribution in [0.5, 0.6) is 0 Å². The minimum Gasteiger partial charge on any atom is -0.340 e. The van der Waals surface area contributed by atoms with Gasteiger partial charge in [0.1, 0.15) is 5.82 Å². The molecule has 0 spiro atoms. The molecule has 2 aliphatic heterocycles. The van der Waals surface area contributed by atoms with Crippen LogP contribution in [0.2, 0.25) is 0 Å². The highest BCUT2D eigenvalue weighted by Crippen LogP contribution is 2.24. The Balaban J connectivity index is 1.15. The maximum absolute atomic E-state index is 13.3. The number of sulfonamides is 1. The van der Waals surface area contributed by atoms with Gasteiger partial charge in [-0.2, -0.15) is 9.29 Å². The van der Waals surface area contributed by atoms with E-state index in [2.05, 4.69) is 15.0 Å². The summed E-state index contributed by atoms with van der Waals surface area (Å²) >= 11 is 0. The second kappa shape index (κ2) is 10.7. The quantitative estimate of drug-likeness (QED) is 0.486. The number of amides is 1. The maximum atomic E-state index is 13.3. The highest BCUT2D eigenvalue weighted by Gasteiger charge is 2.34. The molecule has 0 bridgehead atoms. The van der Waals surface area contributed by atoms with E-state index in [1.807, 2.05) is 6.92 Å². The van der Waals surface area contributed by atoms with E-state index in [0.717, 1.165) is 24.9 Å². The lowest BCUT2D eigenvalue weighted by atomic mass is 9.96. The number of aromatic nitrogens is 2. The van der Waals surface area contributed by atoms with Crippen molar-refractivity contribution < 1.29 is 22.1 Å². The van der Waals surface area contributed by atoms with E-state index >= 15 is 0 Å². The van der Waals surface area contributed by atoms with Crippen LogP contribution in [0.1, 0.15) is 24.3 Å². The normalized spacial score (nSPS) is 19.7. The number of carbonyl (C=O) groups excluding carboxylic acids is 1. The number of carbonyl (C=O) groups is 1. The minimum atomic E-state index is -3.57. The summed E-state index contributed by atoms with van der Waals surface area (Å²) in [5.74, 6) is 0.425. The van der Waals surface area contributed by atoms with Crippen molar-refractivity contribution in [2.75, 3.05) is 39.3 Å². The van der Waals surface area contributed by atoms with Crippen LogP contribution in [0.25, 0.3) is 11.4 Å². The largest absolute Gasteiger partial charge is 0.340 e. The molecule has 3 heterocycles. The molecule has 11 heteroatoms. The van der Waals surface area contributed by atoms with Crippen LogP contribution in [-0.4, -0.2) is 77.8 Å². The van der Waals surface area contributed by atoms with E-state index in [9.17, 15) is 17.6 Å². The minimum absolute atomic E-state index is 0.0645. The molecule has 1 aromatic heterocycles. The van der Waals surface area contributed by atoms with Crippen molar-refractivity contribution in [2.45, 2.75) is 31.2 Å². The van der Waals surface area contributed by atoms with Crippen LogP contribution in [-0.2, 0) is 21.4 Å². The molecule has 0 aliphatic carbocycles. The first-order chi connectivity index (χ1) is 17.8. The van der Waals surface area contributed by atoms with Gasteiger partial charge in [-0.1, -0.05) is 22.9 Å². The Morgan fingerprint density at radius 3 is 2.43 bits per heavy atom. The first-order valence-corrected chi connectivity index (χ1v) is 13.9. The monoisotopic (exact) mass is 527 g/mol. The molecule has 0 N–H and O–H groups in total. The average molecular weight is 528 g/mol. The second-order valence-electron chi connectivity index (χ2n) is 9.64. The third-order valence-electron chi connectivity index (χ3n) is 6.99. The first kappa shape index (κ1) is 25.5. The van der Waals surface area contributed by atoms with Gasteiger partial charge in [0.05, 0.1) is 17.4 Å². The molecule has 2 aromatic carbocycles. The number of hydrogen-bond donors (Lipinski definition) is 0. The van der Waals surface area contributed by atoms with Crippen LogP contribution < -0.4 is 0 Å². The van der Waals surface area contributed by atoms with E-state index < -0.39 is 10.0 Å². The Hall–Kier alpha value is -3.15. The summed E-state index contributed by atoms with van der Waals surface area (Å²) in [6, 6.07) is 12.7. The predicted molar refractivity (Wildman–Crippen MR) is 134 cm³/mol. The SMILES string of the molecule is Cc1ccc(S(=O)(=O)N2CCN(C(=O)C3CCCN(Cc4nc(-c5ccc(F)cc5)no4)C3)CC2)cc1. The molecule has 0 radical (unpaired) electrons. The van der Waals surface area contributed by atoms with Gasteiger partial charge < -0.3 is 9.42 Å². The molecule has 2 aliphatic rings. The predicted octanol–water partition coefficient (Wildman–Crippen LogP) is 2.93. The molecule has 1 unspecified atom stereocenters. The zero-order chi connectivity index (χ0) is 26.0. The second-order valence-corrected chi connectivity index (χ2v) is 11.6. The van der Waals surface area contributed by atoms with E-state index in [1.54, 1.807) is 41.3 Å². The Morgan fingerprint density at radius 2 is 1.73 bits per heavy atom. The number of piperazine rings is 1. The molecular formula is C26H30FN5O4S. The zero-order valence-corrected chi connectivity index (χ0v) is 21.5. The number of benzene rings is 2. The molecule has 1 amide bonds. The molecule has 9 nitrogen and oxygen atoms in total. The Labute approximate surface area is 215 Å². The fourth-order valence-corrected chi connectivity index (χ4v) is 6.32. The van der Waals surface area contributed by atoms with Gasteiger partial charge in [-0.25, -0.2) is 12.8 Å². The molecule has 37 heavy (non-hydrogen) atoms. The molecule has 0 saturated carbocycles. The summed E-state index contributed by atoms with van der Waals surface area (Å²) in [5.41, 5.74) is 1.68. The van der Waals surface area contributed by atoms with Crippen molar-refractivity contribution in [3.63, 3.8) is 0 Å². The smallest absolute Gasteiger partial charge is 0.243 e. The van der Waals surface area contributed by atoms with E-state index in [0.29, 0.717) is 43.5 Å². The first-order valence-electron chi connectivity index (χ1n) is 12.5. The number of piperidine rings is 1. The number of rotatable bonds is 6. The fourth-order valence-electron chi connectivity index (χ4n) is 4.89. The molecule has 2 fully saturated rings. The summed E-state index contributed by atoms with van der Waals surface area (Å²) in [6.45, 7) is 5.08. The van der Waals surface area contributed by atoms with Gasteiger partial charge in [0.15, 0.2) is 0 Å². The van der Waals surface area contributed by atoms with Crippen LogP contribution in [0.4, 0.5) is 4.39 Å². The standard InChI is InChI=1S/C26H30FN5O4S/c1-19-4-10-23(11-5-19)37(34,35)32-15-13-31(14-16-32)26(33)21-3-2-12-30(17-21)18-24-28-25(29-36-24)20-6-8-22(27)9-7-20/h4-11,21H,2-3,12-18H2,1H3. The lowest BCUT2D eigenvalue weighted by Gasteiger charge is -2.38. The lowest BCUT2D eigenvalue weighted by Crippen LogP contribution is -2.53. The molecule has 5 rings (SSSR count). The Bertz CT molecular complexity index is 1340.